The predicted octanol–water partition coefficient (Wildman–Crippen LogP) is 7.42. The number of rotatable bonds is 5. The third-order valence-electron chi connectivity index (χ3n) is 5.72. The van der Waals surface area contributed by atoms with E-state index >= 15 is 0 Å². The number of hydrogen-bond acceptors (Lipinski definition) is 4. The van der Waals surface area contributed by atoms with E-state index < -0.39 is 5.82 Å². The van der Waals surface area contributed by atoms with Crippen LogP contribution in [0.5, 0.6) is 5.75 Å². The molecule has 3 aromatic rings. The highest BCUT2D eigenvalue weighted by Crippen LogP contribution is 2.32. The van der Waals surface area contributed by atoms with Crippen LogP contribution in [0.1, 0.15) is 57.8 Å². The van der Waals surface area contributed by atoms with E-state index in [2.05, 4.69) is 17.1 Å². The van der Waals surface area contributed by atoms with Crippen molar-refractivity contribution in [1.82, 2.24) is 0 Å². The Labute approximate surface area is 208 Å². The van der Waals surface area contributed by atoms with Gasteiger partial charge in [0, 0.05) is 40.8 Å². The molecular formula is C29H36FN3O2. The van der Waals surface area contributed by atoms with Crippen molar-refractivity contribution in [1.29, 1.82) is 5.26 Å². The van der Waals surface area contributed by atoms with Gasteiger partial charge in [0.25, 0.3) is 5.91 Å². The van der Waals surface area contributed by atoms with Gasteiger partial charge in [-0.15, -0.1) is 0 Å². The molecule has 0 unspecified atom stereocenters. The Morgan fingerprint density at radius 1 is 1.06 bits per heavy atom. The minimum absolute atomic E-state index is 0.0585. The summed E-state index contributed by atoms with van der Waals surface area (Å²) in [5, 5.41) is 13.3. The molecule has 186 valence electrons. The van der Waals surface area contributed by atoms with Crippen LogP contribution in [0.2, 0.25) is 0 Å². The summed E-state index contributed by atoms with van der Waals surface area (Å²) in [5.41, 5.74) is 1.62. The summed E-state index contributed by atoms with van der Waals surface area (Å²) in [5.74, 6) is 0.442. The average molecular weight is 478 g/mol. The van der Waals surface area contributed by atoms with Gasteiger partial charge in [-0.05, 0) is 49.1 Å². The average Bonchev–Trinajstić information content (AvgIpc) is 2.90. The van der Waals surface area contributed by atoms with E-state index in [1.165, 1.54) is 12.1 Å². The van der Waals surface area contributed by atoms with Crippen LogP contribution in [0.3, 0.4) is 0 Å². The Kier molecular flexibility index (Phi) is 11.0. The summed E-state index contributed by atoms with van der Waals surface area (Å²) in [4.78, 5) is 15.1. The smallest absolute Gasteiger partial charge is 0.255 e. The standard InChI is InChI=1S/C25H24FN3O2.2C2H6/c1-17-8-11-29(12-9-17)20-15-18(14-19(26)16-20)25(30)28-23-6-7-24(31-13-10-27)22-5-3-2-4-21(22)23;2*1-2/h2-7,14-17H,8-9,11-13H2,1H3,(H,28,30);2*1-2H3. The normalized spacial score (nSPS) is 13.0. The summed E-state index contributed by atoms with van der Waals surface area (Å²) in [6, 6.07) is 17.4. The lowest BCUT2D eigenvalue weighted by molar-refractivity contribution is 0.102. The molecule has 35 heavy (non-hydrogen) atoms. The number of carbonyl (C=O) groups excluding carboxylic acids is 1. The van der Waals surface area contributed by atoms with Crippen molar-refractivity contribution in [2.75, 3.05) is 29.9 Å². The molecule has 3 aromatic carbocycles. The molecule has 6 heteroatoms. The Bertz CT molecular complexity index is 1150. The molecule has 0 bridgehead atoms. The Hall–Kier alpha value is -3.59. The van der Waals surface area contributed by atoms with Crippen LogP contribution in [-0.4, -0.2) is 25.6 Å². The third-order valence-corrected chi connectivity index (χ3v) is 5.72. The first-order chi connectivity index (χ1) is 17.0. The molecule has 4 rings (SSSR count). The molecule has 0 aliphatic carbocycles. The van der Waals surface area contributed by atoms with Gasteiger partial charge in [-0.25, -0.2) is 4.39 Å². The fraction of sp³-hybridized carbons (Fsp3) is 0.379. The van der Waals surface area contributed by atoms with Gasteiger partial charge < -0.3 is 15.0 Å². The fourth-order valence-corrected chi connectivity index (χ4v) is 3.97. The van der Waals surface area contributed by atoms with E-state index in [1.54, 1.807) is 18.2 Å². The minimum Gasteiger partial charge on any atom is -0.478 e. The number of fused-ring (bicyclic) bond motifs is 1. The van der Waals surface area contributed by atoms with Crippen LogP contribution in [0.25, 0.3) is 10.8 Å². The second-order valence-corrected chi connectivity index (χ2v) is 7.93. The topological polar surface area (TPSA) is 65.4 Å². The number of hydrogen-bond donors (Lipinski definition) is 1. The molecule has 1 N–H and O–H groups in total. The number of ether oxygens (including phenoxy) is 1. The van der Waals surface area contributed by atoms with E-state index in [9.17, 15) is 9.18 Å². The maximum atomic E-state index is 14.3. The van der Waals surface area contributed by atoms with Gasteiger partial charge in [-0.2, -0.15) is 5.26 Å². The quantitative estimate of drug-likeness (QED) is 0.415. The van der Waals surface area contributed by atoms with E-state index in [0.29, 0.717) is 17.4 Å². The lowest BCUT2D eigenvalue weighted by atomic mass is 9.98. The van der Waals surface area contributed by atoms with Crippen molar-refractivity contribution < 1.29 is 13.9 Å². The van der Waals surface area contributed by atoms with Gasteiger partial charge in [-0.1, -0.05) is 58.9 Å². The van der Waals surface area contributed by atoms with Crippen LogP contribution in [0.15, 0.2) is 54.6 Å². The molecular weight excluding hydrogens is 441 g/mol. The highest BCUT2D eigenvalue weighted by Gasteiger charge is 2.19. The Morgan fingerprint density at radius 3 is 2.37 bits per heavy atom. The molecule has 1 heterocycles. The van der Waals surface area contributed by atoms with Crippen LogP contribution in [-0.2, 0) is 0 Å². The molecule has 0 radical (unpaired) electrons. The van der Waals surface area contributed by atoms with Crippen LogP contribution < -0.4 is 15.0 Å². The molecule has 1 saturated heterocycles. The maximum absolute atomic E-state index is 14.3. The predicted molar refractivity (Wildman–Crippen MR) is 143 cm³/mol. The summed E-state index contributed by atoms with van der Waals surface area (Å²) in [7, 11) is 0. The second-order valence-electron chi connectivity index (χ2n) is 7.93. The summed E-state index contributed by atoms with van der Waals surface area (Å²) in [6.45, 7) is 11.9. The van der Waals surface area contributed by atoms with E-state index in [-0.39, 0.29) is 18.1 Å². The lowest BCUT2D eigenvalue weighted by Gasteiger charge is -2.32. The first-order valence-electron chi connectivity index (χ1n) is 12.4. The molecule has 1 aliphatic rings. The van der Waals surface area contributed by atoms with Gasteiger partial charge in [0.15, 0.2) is 6.61 Å². The number of amides is 1. The van der Waals surface area contributed by atoms with E-state index in [0.717, 1.165) is 42.4 Å². The van der Waals surface area contributed by atoms with Crippen LogP contribution >= 0.6 is 0 Å². The number of nitrogens with one attached hydrogen (secondary N) is 1. The summed E-state index contributed by atoms with van der Waals surface area (Å²) in [6.07, 6.45) is 2.12. The molecule has 1 amide bonds. The van der Waals surface area contributed by atoms with Gasteiger partial charge in [0.2, 0.25) is 0 Å². The zero-order valence-electron chi connectivity index (χ0n) is 21.4. The van der Waals surface area contributed by atoms with Gasteiger partial charge >= 0.3 is 0 Å². The number of anilines is 2. The van der Waals surface area contributed by atoms with Crippen molar-refractivity contribution in [3.8, 4) is 11.8 Å². The molecule has 0 saturated carbocycles. The largest absolute Gasteiger partial charge is 0.478 e. The lowest BCUT2D eigenvalue weighted by Crippen LogP contribution is -2.33. The number of nitrogens with zero attached hydrogens (tertiary/aromatic N) is 2. The monoisotopic (exact) mass is 477 g/mol. The minimum atomic E-state index is -0.425. The number of nitriles is 1. The highest BCUT2D eigenvalue weighted by atomic mass is 19.1. The van der Waals surface area contributed by atoms with Crippen molar-refractivity contribution in [2.45, 2.75) is 47.5 Å². The molecule has 0 aromatic heterocycles. The molecule has 1 fully saturated rings. The maximum Gasteiger partial charge on any atom is 0.255 e. The summed E-state index contributed by atoms with van der Waals surface area (Å²) >= 11 is 0. The second kappa shape index (κ2) is 14.0. The van der Waals surface area contributed by atoms with E-state index in [4.69, 9.17) is 10.00 Å². The molecule has 0 spiro atoms. The van der Waals surface area contributed by atoms with Crippen LogP contribution in [0.4, 0.5) is 15.8 Å². The molecule has 0 atom stereocenters. The first kappa shape index (κ1) is 27.7. The van der Waals surface area contributed by atoms with Gasteiger partial charge in [0.05, 0.1) is 0 Å². The third kappa shape index (κ3) is 7.19. The van der Waals surface area contributed by atoms with Crippen molar-refractivity contribution >= 4 is 28.1 Å². The summed E-state index contributed by atoms with van der Waals surface area (Å²) < 4.78 is 19.8. The highest BCUT2D eigenvalue weighted by molar-refractivity contribution is 6.10. The van der Waals surface area contributed by atoms with Crippen molar-refractivity contribution in [3.05, 3.63) is 66.0 Å². The zero-order chi connectivity index (χ0) is 25.8. The van der Waals surface area contributed by atoms with Crippen molar-refractivity contribution in [2.24, 2.45) is 5.92 Å². The van der Waals surface area contributed by atoms with Crippen LogP contribution in [0, 0.1) is 23.1 Å². The zero-order valence-corrected chi connectivity index (χ0v) is 21.4. The molecule has 5 nitrogen and oxygen atoms in total. The van der Waals surface area contributed by atoms with Crippen molar-refractivity contribution in [3.63, 3.8) is 0 Å². The van der Waals surface area contributed by atoms with Gasteiger partial charge in [-0.3, -0.25) is 4.79 Å². The first-order valence-corrected chi connectivity index (χ1v) is 12.4. The number of halogens is 1. The Morgan fingerprint density at radius 2 is 1.71 bits per heavy atom. The Balaban J connectivity index is 0.00000103. The number of piperidine rings is 1. The number of benzene rings is 3. The SMILES string of the molecule is CC.CC.CC1CCN(c2cc(F)cc(C(=O)Nc3ccc(OCC#N)c4ccccc34)c2)CC1. The van der Waals surface area contributed by atoms with Gasteiger partial charge in [0.1, 0.15) is 17.6 Å². The fourth-order valence-electron chi connectivity index (χ4n) is 3.97. The van der Waals surface area contributed by atoms with E-state index in [1.807, 2.05) is 58.0 Å². The molecule has 1 aliphatic heterocycles. The number of carbonyl (C=O) groups is 1.